The third-order valence-corrected chi connectivity index (χ3v) is 3.79. The summed E-state index contributed by atoms with van der Waals surface area (Å²) in [5.74, 6) is -2.64. The van der Waals surface area contributed by atoms with Gasteiger partial charge in [0, 0.05) is 18.8 Å². The maximum Gasteiger partial charge on any atom is 0.475 e. The standard InChI is InChI=1S/C19H25BN4O4/c1-13(2)10-17(20(27)28)24-18(25)15(11-14-6-4-3-5-7-14)23-19(26)16-12-21-8-9-22-16/h3-9,12-13,15,17,27-28H,10-11H2,1-2H3,(H,23,26)(H,24,25)/t15-,17?/m0/s1/i3D,4D,5D,6D,7D. The van der Waals surface area contributed by atoms with E-state index in [9.17, 15) is 19.6 Å². The van der Waals surface area contributed by atoms with E-state index in [2.05, 4.69) is 20.6 Å². The Hall–Kier alpha value is -2.78. The highest BCUT2D eigenvalue weighted by atomic mass is 16.4. The molecule has 0 spiro atoms. The molecule has 0 saturated carbocycles. The molecule has 2 amide bonds. The van der Waals surface area contributed by atoms with E-state index in [0.717, 1.165) is 0 Å². The van der Waals surface area contributed by atoms with Gasteiger partial charge in [-0.1, -0.05) is 44.1 Å². The van der Waals surface area contributed by atoms with Crippen LogP contribution in [0, 0.1) is 5.92 Å². The van der Waals surface area contributed by atoms with Crippen molar-refractivity contribution < 1.29 is 26.5 Å². The highest BCUT2D eigenvalue weighted by Crippen LogP contribution is 2.09. The van der Waals surface area contributed by atoms with Crippen LogP contribution in [0.4, 0.5) is 0 Å². The molecule has 28 heavy (non-hydrogen) atoms. The van der Waals surface area contributed by atoms with Crippen LogP contribution >= 0.6 is 0 Å². The van der Waals surface area contributed by atoms with Crippen molar-refractivity contribution in [1.82, 2.24) is 20.6 Å². The molecule has 1 aromatic heterocycles. The van der Waals surface area contributed by atoms with E-state index < -0.39 is 67.5 Å². The zero-order chi connectivity index (χ0) is 24.9. The smallest absolute Gasteiger partial charge is 0.426 e. The summed E-state index contributed by atoms with van der Waals surface area (Å²) in [7, 11) is -1.87. The summed E-state index contributed by atoms with van der Waals surface area (Å²) in [5.41, 5.74) is -0.275. The number of carbonyl (C=O) groups is 2. The monoisotopic (exact) mass is 389 g/mol. The SMILES string of the molecule is [2H]c1c([2H])c([2H])c(C[C@H](NC(=O)c2cnccn2)C(=O)NC(CC(C)C)B(O)O)c([2H])c1[2H]. The molecule has 1 unspecified atom stereocenters. The molecule has 0 radical (unpaired) electrons. The van der Waals surface area contributed by atoms with E-state index in [1.54, 1.807) is 0 Å². The molecule has 1 heterocycles. The summed E-state index contributed by atoms with van der Waals surface area (Å²) < 4.78 is 39.6. The minimum Gasteiger partial charge on any atom is -0.426 e. The molecular weight excluding hydrogens is 359 g/mol. The molecule has 1 aromatic carbocycles. The third-order valence-electron chi connectivity index (χ3n) is 3.79. The van der Waals surface area contributed by atoms with E-state index in [0.29, 0.717) is 0 Å². The lowest BCUT2D eigenvalue weighted by Crippen LogP contribution is -2.55. The van der Waals surface area contributed by atoms with Crippen molar-refractivity contribution in [2.45, 2.75) is 38.7 Å². The first-order valence-electron chi connectivity index (χ1n) is 11.2. The van der Waals surface area contributed by atoms with E-state index in [1.165, 1.54) is 18.6 Å². The molecule has 9 heteroatoms. The first-order chi connectivity index (χ1) is 15.4. The molecule has 0 aliphatic carbocycles. The van der Waals surface area contributed by atoms with E-state index >= 15 is 0 Å². The van der Waals surface area contributed by atoms with Gasteiger partial charge in [-0.25, -0.2) is 4.98 Å². The number of hydrogen-bond acceptors (Lipinski definition) is 6. The van der Waals surface area contributed by atoms with Crippen LogP contribution in [-0.2, 0) is 11.2 Å². The first kappa shape index (κ1) is 15.2. The fourth-order valence-corrected chi connectivity index (χ4v) is 2.49. The van der Waals surface area contributed by atoms with Crippen LogP contribution in [0.3, 0.4) is 0 Å². The molecule has 4 N–H and O–H groups in total. The average Bonchev–Trinajstić information content (AvgIpc) is 2.77. The Labute approximate surface area is 171 Å². The predicted molar refractivity (Wildman–Crippen MR) is 105 cm³/mol. The lowest BCUT2D eigenvalue weighted by molar-refractivity contribution is -0.123. The molecule has 0 aliphatic heterocycles. The average molecular weight is 389 g/mol. The summed E-state index contributed by atoms with van der Waals surface area (Å²) >= 11 is 0. The van der Waals surface area contributed by atoms with Crippen LogP contribution < -0.4 is 10.6 Å². The van der Waals surface area contributed by atoms with Crippen LogP contribution in [0.25, 0.3) is 0 Å². The summed E-state index contributed by atoms with van der Waals surface area (Å²) in [6, 6.07) is -4.15. The fourth-order valence-electron chi connectivity index (χ4n) is 2.49. The fraction of sp³-hybridized carbons (Fsp3) is 0.368. The van der Waals surface area contributed by atoms with Crippen molar-refractivity contribution in [2.24, 2.45) is 5.92 Å². The van der Waals surface area contributed by atoms with Gasteiger partial charge in [-0.15, -0.1) is 0 Å². The zero-order valence-electron chi connectivity index (χ0n) is 20.6. The van der Waals surface area contributed by atoms with Crippen molar-refractivity contribution in [1.29, 1.82) is 0 Å². The van der Waals surface area contributed by atoms with Crippen molar-refractivity contribution >= 4 is 18.9 Å². The van der Waals surface area contributed by atoms with Gasteiger partial charge in [0.15, 0.2) is 0 Å². The Morgan fingerprint density at radius 1 is 1.18 bits per heavy atom. The lowest BCUT2D eigenvalue weighted by Gasteiger charge is -2.24. The normalized spacial score (nSPS) is 15.4. The number of benzene rings is 1. The second kappa shape index (κ2) is 10.5. The second-order valence-electron chi connectivity index (χ2n) is 6.58. The van der Waals surface area contributed by atoms with Crippen molar-refractivity contribution in [3.8, 4) is 0 Å². The van der Waals surface area contributed by atoms with Crippen LogP contribution in [0.2, 0.25) is 0 Å². The van der Waals surface area contributed by atoms with Gasteiger partial charge in [-0.3, -0.25) is 14.6 Å². The Bertz CT molecular complexity index is 984. The molecule has 0 bridgehead atoms. The van der Waals surface area contributed by atoms with E-state index in [4.69, 9.17) is 6.85 Å². The number of carbonyl (C=O) groups excluding carboxylic acids is 2. The Balaban J connectivity index is 2.41. The van der Waals surface area contributed by atoms with Crippen LogP contribution in [-0.4, -0.2) is 50.9 Å². The molecule has 0 saturated heterocycles. The largest absolute Gasteiger partial charge is 0.475 e. The van der Waals surface area contributed by atoms with Crippen LogP contribution in [0.1, 0.15) is 43.2 Å². The highest BCUT2D eigenvalue weighted by Gasteiger charge is 2.30. The number of nitrogens with zero attached hydrogens (tertiary/aromatic N) is 2. The summed E-state index contributed by atoms with van der Waals surface area (Å²) in [6.07, 6.45) is 3.59. The highest BCUT2D eigenvalue weighted by molar-refractivity contribution is 6.43. The van der Waals surface area contributed by atoms with Gasteiger partial charge in [0.2, 0.25) is 5.91 Å². The van der Waals surface area contributed by atoms with Gasteiger partial charge in [0.25, 0.3) is 5.91 Å². The number of rotatable bonds is 9. The van der Waals surface area contributed by atoms with Crippen LogP contribution in [0.5, 0.6) is 0 Å². The maximum absolute atomic E-state index is 13.0. The van der Waals surface area contributed by atoms with Crippen LogP contribution in [0.15, 0.2) is 48.8 Å². The molecule has 8 nitrogen and oxygen atoms in total. The first-order valence-corrected chi connectivity index (χ1v) is 8.73. The van der Waals surface area contributed by atoms with Gasteiger partial charge in [-0.2, -0.15) is 0 Å². The lowest BCUT2D eigenvalue weighted by atomic mass is 9.75. The zero-order valence-corrected chi connectivity index (χ0v) is 15.6. The van der Waals surface area contributed by atoms with Crippen molar-refractivity contribution in [3.63, 3.8) is 0 Å². The van der Waals surface area contributed by atoms with Gasteiger partial charge in [0.1, 0.15) is 11.7 Å². The van der Waals surface area contributed by atoms with Crippen molar-refractivity contribution in [2.75, 3.05) is 0 Å². The number of hydrogen-bond donors (Lipinski definition) is 4. The van der Waals surface area contributed by atoms with Crippen molar-refractivity contribution in [3.05, 3.63) is 60.1 Å². The van der Waals surface area contributed by atoms with Gasteiger partial charge < -0.3 is 20.7 Å². The summed E-state index contributed by atoms with van der Waals surface area (Å²) in [6.45, 7) is 3.64. The predicted octanol–water partition coefficient (Wildman–Crippen LogP) is 0.361. The topological polar surface area (TPSA) is 124 Å². The van der Waals surface area contributed by atoms with Gasteiger partial charge in [0.05, 0.1) is 19.0 Å². The summed E-state index contributed by atoms with van der Waals surface area (Å²) in [5, 5.41) is 24.2. The molecule has 2 atom stereocenters. The number of aromatic nitrogens is 2. The molecule has 2 rings (SSSR count). The van der Waals surface area contributed by atoms with Gasteiger partial charge >= 0.3 is 7.12 Å². The Kier molecular flexibility index (Phi) is 5.71. The molecular formula is C19H25BN4O4. The summed E-state index contributed by atoms with van der Waals surface area (Å²) in [4.78, 5) is 33.3. The molecule has 0 aliphatic rings. The molecule has 148 valence electrons. The quantitative estimate of drug-likeness (QED) is 0.459. The van der Waals surface area contributed by atoms with E-state index in [-0.39, 0.29) is 23.6 Å². The minimum atomic E-state index is -1.87. The van der Waals surface area contributed by atoms with E-state index in [1.807, 2.05) is 13.8 Å². The number of amides is 2. The molecule has 0 fully saturated rings. The maximum atomic E-state index is 13.0. The molecule has 2 aromatic rings. The third kappa shape index (κ3) is 6.75. The Morgan fingerprint density at radius 3 is 2.46 bits per heavy atom. The second-order valence-corrected chi connectivity index (χ2v) is 6.58. The number of nitrogens with one attached hydrogen (secondary N) is 2. The Morgan fingerprint density at radius 2 is 1.89 bits per heavy atom. The minimum absolute atomic E-state index is 0.00534. The van der Waals surface area contributed by atoms with Gasteiger partial charge in [-0.05, 0) is 17.9 Å².